The van der Waals surface area contributed by atoms with Gasteiger partial charge >= 0.3 is 0 Å². The number of rotatable bonds is 4. The van der Waals surface area contributed by atoms with E-state index < -0.39 is 0 Å². The van der Waals surface area contributed by atoms with E-state index in [0.29, 0.717) is 0 Å². The van der Waals surface area contributed by atoms with E-state index in [1.807, 2.05) is 0 Å². The summed E-state index contributed by atoms with van der Waals surface area (Å²) in [6, 6.07) is 8.70. The van der Waals surface area contributed by atoms with Crippen molar-refractivity contribution >= 4 is 0 Å². The summed E-state index contributed by atoms with van der Waals surface area (Å²) >= 11 is 0. The van der Waals surface area contributed by atoms with Crippen molar-refractivity contribution in [3.8, 4) is 0 Å². The third kappa shape index (κ3) is 3.30. The normalized spacial score (nSPS) is 19.2. The summed E-state index contributed by atoms with van der Waals surface area (Å²) in [6.07, 6.45) is 4.00. The predicted molar refractivity (Wildman–Crippen MR) is 71.2 cm³/mol. The van der Waals surface area contributed by atoms with E-state index in [-0.39, 0.29) is 6.10 Å². The molecule has 0 saturated carbocycles. The van der Waals surface area contributed by atoms with Crippen LogP contribution in [0.2, 0.25) is 0 Å². The Morgan fingerprint density at radius 1 is 1.29 bits per heavy atom. The molecular formula is C15H23NO. The first-order valence-corrected chi connectivity index (χ1v) is 6.62. The second kappa shape index (κ2) is 6.18. The molecule has 1 heterocycles. The van der Waals surface area contributed by atoms with Crippen molar-refractivity contribution in [3.05, 3.63) is 35.4 Å². The molecule has 1 fully saturated rings. The zero-order valence-electron chi connectivity index (χ0n) is 10.9. The lowest BCUT2D eigenvalue weighted by Gasteiger charge is -2.24. The topological polar surface area (TPSA) is 21.3 Å². The number of hydrogen-bond acceptors (Lipinski definition) is 2. The van der Waals surface area contributed by atoms with Crippen LogP contribution in [0.5, 0.6) is 0 Å². The largest absolute Gasteiger partial charge is 0.377 e. The van der Waals surface area contributed by atoms with Gasteiger partial charge in [0, 0.05) is 7.11 Å². The summed E-state index contributed by atoms with van der Waals surface area (Å²) < 4.78 is 5.45. The molecule has 94 valence electrons. The van der Waals surface area contributed by atoms with E-state index in [1.165, 1.54) is 43.5 Å². The molecule has 17 heavy (non-hydrogen) atoms. The van der Waals surface area contributed by atoms with Crippen LogP contribution in [0.3, 0.4) is 0 Å². The maximum absolute atomic E-state index is 5.45. The molecule has 2 rings (SSSR count). The maximum Gasteiger partial charge on any atom is 0.0795 e. The minimum Gasteiger partial charge on any atom is -0.377 e. The van der Waals surface area contributed by atoms with Crippen molar-refractivity contribution in [2.45, 2.75) is 32.3 Å². The first-order valence-electron chi connectivity index (χ1n) is 6.62. The first kappa shape index (κ1) is 12.6. The molecule has 2 heteroatoms. The molecule has 1 atom stereocenters. The van der Waals surface area contributed by atoms with Crippen molar-refractivity contribution in [1.29, 1.82) is 0 Å². The molecular weight excluding hydrogens is 210 g/mol. The van der Waals surface area contributed by atoms with Gasteiger partial charge in [0.25, 0.3) is 0 Å². The van der Waals surface area contributed by atoms with Gasteiger partial charge in [0.05, 0.1) is 6.10 Å². The molecule has 1 aromatic carbocycles. The molecule has 1 aliphatic heterocycles. The smallest absolute Gasteiger partial charge is 0.0795 e. The van der Waals surface area contributed by atoms with Crippen LogP contribution in [0.4, 0.5) is 0 Å². The maximum atomic E-state index is 5.45. The summed E-state index contributed by atoms with van der Waals surface area (Å²) in [6.45, 7) is 4.47. The number of nitrogens with one attached hydrogen (secondary N) is 1. The van der Waals surface area contributed by atoms with Crippen LogP contribution in [0, 0.1) is 5.92 Å². The summed E-state index contributed by atoms with van der Waals surface area (Å²) in [5, 5.41) is 3.42. The molecule has 0 radical (unpaired) electrons. The monoisotopic (exact) mass is 233 g/mol. The molecule has 0 amide bonds. The lowest BCUT2D eigenvalue weighted by Crippen LogP contribution is -2.28. The molecule has 1 aliphatic rings. The fourth-order valence-electron chi connectivity index (χ4n) is 2.64. The fourth-order valence-corrected chi connectivity index (χ4v) is 2.64. The minimum atomic E-state index is 0.202. The predicted octanol–water partition coefficient (Wildman–Crippen LogP) is 2.94. The molecule has 0 spiro atoms. The minimum absolute atomic E-state index is 0.202. The van der Waals surface area contributed by atoms with E-state index in [0.717, 1.165) is 5.92 Å². The van der Waals surface area contributed by atoms with E-state index >= 15 is 0 Å². The van der Waals surface area contributed by atoms with Gasteiger partial charge in [-0.25, -0.2) is 0 Å². The van der Waals surface area contributed by atoms with Gasteiger partial charge in [-0.15, -0.1) is 0 Å². The van der Waals surface area contributed by atoms with Crippen LogP contribution in [0.15, 0.2) is 24.3 Å². The van der Waals surface area contributed by atoms with Crippen LogP contribution < -0.4 is 5.32 Å². The standard InChI is InChI=1S/C15H23NO/c1-12(17-2)15-6-4-3-5-14(15)11-13-7-9-16-10-8-13/h3-6,12-13,16H,7-11H2,1-2H3. The van der Waals surface area contributed by atoms with Crippen LogP contribution in [0.1, 0.15) is 37.0 Å². The highest BCUT2D eigenvalue weighted by Gasteiger charge is 2.16. The van der Waals surface area contributed by atoms with Crippen molar-refractivity contribution in [3.63, 3.8) is 0 Å². The third-order valence-electron chi connectivity index (χ3n) is 3.81. The van der Waals surface area contributed by atoms with E-state index in [4.69, 9.17) is 4.74 Å². The Hall–Kier alpha value is -0.860. The van der Waals surface area contributed by atoms with Crippen LogP contribution in [0.25, 0.3) is 0 Å². The number of hydrogen-bond donors (Lipinski definition) is 1. The van der Waals surface area contributed by atoms with Gasteiger partial charge in [-0.2, -0.15) is 0 Å². The number of ether oxygens (including phenoxy) is 1. The third-order valence-corrected chi connectivity index (χ3v) is 3.81. The van der Waals surface area contributed by atoms with Crippen molar-refractivity contribution in [2.75, 3.05) is 20.2 Å². The highest BCUT2D eigenvalue weighted by molar-refractivity contribution is 5.29. The fraction of sp³-hybridized carbons (Fsp3) is 0.600. The van der Waals surface area contributed by atoms with Crippen molar-refractivity contribution in [2.24, 2.45) is 5.92 Å². The Kier molecular flexibility index (Phi) is 4.57. The Morgan fingerprint density at radius 3 is 2.71 bits per heavy atom. The number of benzene rings is 1. The summed E-state index contributed by atoms with van der Waals surface area (Å²) in [7, 11) is 1.78. The molecule has 0 bridgehead atoms. The van der Waals surface area contributed by atoms with Crippen molar-refractivity contribution < 1.29 is 4.74 Å². The summed E-state index contributed by atoms with van der Waals surface area (Å²) in [5.41, 5.74) is 2.82. The molecule has 2 nitrogen and oxygen atoms in total. The van der Waals surface area contributed by atoms with E-state index in [9.17, 15) is 0 Å². The highest BCUT2D eigenvalue weighted by atomic mass is 16.5. The van der Waals surface area contributed by atoms with E-state index in [1.54, 1.807) is 7.11 Å². The Morgan fingerprint density at radius 2 is 2.00 bits per heavy atom. The molecule has 1 N–H and O–H groups in total. The second-order valence-corrected chi connectivity index (χ2v) is 4.97. The van der Waals surface area contributed by atoms with Crippen molar-refractivity contribution in [1.82, 2.24) is 5.32 Å². The molecule has 0 aromatic heterocycles. The van der Waals surface area contributed by atoms with Gasteiger partial charge in [-0.05, 0) is 56.3 Å². The Labute approximate surface area is 104 Å². The molecule has 1 aromatic rings. The average molecular weight is 233 g/mol. The Balaban J connectivity index is 2.08. The molecule has 0 aliphatic carbocycles. The number of piperidine rings is 1. The first-order chi connectivity index (χ1) is 8.31. The van der Waals surface area contributed by atoms with Crippen LogP contribution >= 0.6 is 0 Å². The average Bonchev–Trinajstić information content (AvgIpc) is 2.40. The van der Waals surface area contributed by atoms with Crippen LogP contribution in [-0.4, -0.2) is 20.2 Å². The Bertz CT molecular complexity index is 345. The highest BCUT2D eigenvalue weighted by Crippen LogP contribution is 2.25. The van der Waals surface area contributed by atoms with Gasteiger partial charge in [-0.3, -0.25) is 0 Å². The quantitative estimate of drug-likeness (QED) is 0.863. The lowest BCUT2D eigenvalue weighted by molar-refractivity contribution is 0.118. The summed E-state index contributed by atoms with van der Waals surface area (Å²) in [4.78, 5) is 0. The summed E-state index contributed by atoms with van der Waals surface area (Å²) in [5.74, 6) is 0.835. The van der Waals surface area contributed by atoms with Crippen LogP contribution in [-0.2, 0) is 11.2 Å². The van der Waals surface area contributed by atoms with Gasteiger partial charge in [-0.1, -0.05) is 24.3 Å². The zero-order chi connectivity index (χ0) is 12.1. The SMILES string of the molecule is COC(C)c1ccccc1CC1CCNCC1. The molecule has 1 unspecified atom stereocenters. The lowest BCUT2D eigenvalue weighted by atomic mass is 9.88. The second-order valence-electron chi connectivity index (χ2n) is 4.97. The number of methoxy groups -OCH3 is 1. The van der Waals surface area contributed by atoms with E-state index in [2.05, 4.69) is 36.5 Å². The van der Waals surface area contributed by atoms with Gasteiger partial charge < -0.3 is 10.1 Å². The molecule has 1 saturated heterocycles. The van der Waals surface area contributed by atoms with Gasteiger partial charge in [0.2, 0.25) is 0 Å². The zero-order valence-corrected chi connectivity index (χ0v) is 10.9. The van der Waals surface area contributed by atoms with Gasteiger partial charge in [0.1, 0.15) is 0 Å². The van der Waals surface area contributed by atoms with Gasteiger partial charge in [0.15, 0.2) is 0 Å².